The van der Waals surface area contributed by atoms with Gasteiger partial charge in [-0.3, -0.25) is 4.79 Å². The number of amides is 1. The van der Waals surface area contributed by atoms with Gasteiger partial charge >= 0.3 is 0 Å². The molecule has 0 saturated carbocycles. The summed E-state index contributed by atoms with van der Waals surface area (Å²) in [4.78, 5) is 13.5. The van der Waals surface area contributed by atoms with Gasteiger partial charge in [-0.1, -0.05) is 6.92 Å². The topological polar surface area (TPSA) is 75.7 Å². The van der Waals surface area contributed by atoms with E-state index in [1.807, 2.05) is 13.8 Å². The third kappa shape index (κ3) is 3.25. The predicted octanol–water partition coefficient (Wildman–Crippen LogP) is 1.82. The van der Waals surface area contributed by atoms with Gasteiger partial charge in [-0.2, -0.15) is 0 Å². The molecule has 0 spiro atoms. The number of fused-ring (bicyclic) bond motifs is 1. The second-order valence-corrected chi connectivity index (χ2v) is 7.22. The van der Waals surface area contributed by atoms with E-state index in [1.54, 1.807) is 17.9 Å². The summed E-state index contributed by atoms with van der Waals surface area (Å²) in [5.74, 6) is 0.342. The molecule has 1 aliphatic rings. The number of anilines is 1. The van der Waals surface area contributed by atoms with Gasteiger partial charge in [0.05, 0.1) is 17.1 Å². The zero-order valence-electron chi connectivity index (χ0n) is 13.3. The summed E-state index contributed by atoms with van der Waals surface area (Å²) in [6.07, 6.45) is 0.706. The van der Waals surface area contributed by atoms with Crippen LogP contribution in [0.4, 0.5) is 5.69 Å². The zero-order chi connectivity index (χ0) is 16.5. The molecule has 0 aliphatic carbocycles. The van der Waals surface area contributed by atoms with Crippen molar-refractivity contribution in [3.63, 3.8) is 0 Å². The van der Waals surface area contributed by atoms with Crippen LogP contribution >= 0.6 is 0 Å². The van der Waals surface area contributed by atoms with Crippen molar-refractivity contribution in [3.05, 3.63) is 17.7 Å². The average Bonchev–Trinajstić information content (AvgIpc) is 2.44. The molecule has 0 fully saturated rings. The molecule has 0 aromatic heterocycles. The van der Waals surface area contributed by atoms with Gasteiger partial charge in [0.1, 0.15) is 12.4 Å². The number of rotatable bonds is 4. The lowest BCUT2D eigenvalue weighted by Gasteiger charge is -2.29. The van der Waals surface area contributed by atoms with E-state index < -0.39 is 10.0 Å². The van der Waals surface area contributed by atoms with E-state index in [9.17, 15) is 13.2 Å². The molecular formula is C15H22N2O4S. The Kier molecular flexibility index (Phi) is 4.77. The molecule has 22 heavy (non-hydrogen) atoms. The lowest BCUT2D eigenvalue weighted by molar-refractivity contribution is -0.116. The Hall–Kier alpha value is -1.60. The van der Waals surface area contributed by atoms with E-state index in [2.05, 4.69) is 4.72 Å². The second kappa shape index (κ2) is 6.26. The average molecular weight is 326 g/mol. The van der Waals surface area contributed by atoms with Gasteiger partial charge in [-0.05, 0) is 31.9 Å². The van der Waals surface area contributed by atoms with Crippen LogP contribution in [0.25, 0.3) is 0 Å². The highest BCUT2D eigenvalue weighted by Gasteiger charge is 2.26. The maximum atomic E-state index is 12.5. The lowest BCUT2D eigenvalue weighted by atomic mass is 10.1. The van der Waals surface area contributed by atoms with E-state index in [1.165, 1.54) is 13.0 Å². The summed E-state index contributed by atoms with van der Waals surface area (Å²) >= 11 is 0. The van der Waals surface area contributed by atoms with Crippen molar-refractivity contribution < 1.29 is 17.9 Å². The van der Waals surface area contributed by atoms with Crippen LogP contribution in [0, 0.1) is 6.92 Å². The normalized spacial score (nSPS) is 15.9. The quantitative estimate of drug-likeness (QED) is 0.916. The van der Waals surface area contributed by atoms with Gasteiger partial charge in [-0.25, -0.2) is 13.1 Å². The Labute approximate surface area is 131 Å². The molecule has 7 heteroatoms. The van der Waals surface area contributed by atoms with Gasteiger partial charge in [0.15, 0.2) is 0 Å². The number of ether oxygens (including phenoxy) is 1. The summed E-state index contributed by atoms with van der Waals surface area (Å²) in [6.45, 7) is 7.77. The lowest BCUT2D eigenvalue weighted by Crippen LogP contribution is -2.37. The fourth-order valence-corrected chi connectivity index (χ4v) is 3.94. The van der Waals surface area contributed by atoms with Crippen molar-refractivity contribution in [2.45, 2.75) is 45.1 Å². The number of nitrogens with one attached hydrogen (secondary N) is 1. The largest absolute Gasteiger partial charge is 0.489 e. The fourth-order valence-electron chi connectivity index (χ4n) is 2.38. The number of hydrogen-bond donors (Lipinski definition) is 1. The van der Waals surface area contributed by atoms with Crippen molar-refractivity contribution in [3.8, 4) is 5.75 Å². The number of nitrogens with zero attached hydrogens (tertiary/aromatic N) is 1. The predicted molar refractivity (Wildman–Crippen MR) is 84.8 cm³/mol. The minimum atomic E-state index is -3.61. The number of benzene rings is 1. The maximum Gasteiger partial charge on any atom is 0.241 e. The molecule has 122 valence electrons. The van der Waals surface area contributed by atoms with Crippen LogP contribution < -0.4 is 14.4 Å². The number of carbonyl (C=O) groups is 1. The van der Waals surface area contributed by atoms with Crippen LogP contribution in [-0.2, 0) is 14.8 Å². The molecule has 1 heterocycles. The summed E-state index contributed by atoms with van der Waals surface area (Å²) in [6, 6.07) is 3.06. The van der Waals surface area contributed by atoms with Crippen molar-refractivity contribution in [2.24, 2.45) is 0 Å². The highest BCUT2D eigenvalue weighted by atomic mass is 32.2. The first-order chi connectivity index (χ1) is 10.3. The Balaban J connectivity index is 2.47. The first-order valence-electron chi connectivity index (χ1n) is 7.34. The molecule has 1 unspecified atom stereocenters. The monoisotopic (exact) mass is 326 g/mol. The third-order valence-electron chi connectivity index (χ3n) is 3.76. The highest BCUT2D eigenvalue weighted by molar-refractivity contribution is 7.89. The van der Waals surface area contributed by atoms with Crippen molar-refractivity contribution >= 4 is 21.6 Å². The molecule has 0 bridgehead atoms. The molecule has 1 amide bonds. The maximum absolute atomic E-state index is 12.5. The van der Waals surface area contributed by atoms with E-state index in [0.29, 0.717) is 36.6 Å². The van der Waals surface area contributed by atoms with E-state index >= 15 is 0 Å². The molecule has 1 N–H and O–H groups in total. The Morgan fingerprint density at radius 1 is 1.45 bits per heavy atom. The molecule has 6 nitrogen and oxygen atoms in total. The van der Waals surface area contributed by atoms with Crippen molar-refractivity contribution in [1.29, 1.82) is 0 Å². The van der Waals surface area contributed by atoms with Gasteiger partial charge in [0, 0.05) is 19.0 Å². The van der Waals surface area contributed by atoms with Crippen molar-refractivity contribution in [2.75, 3.05) is 18.1 Å². The van der Waals surface area contributed by atoms with Gasteiger partial charge < -0.3 is 9.64 Å². The first kappa shape index (κ1) is 16.8. The van der Waals surface area contributed by atoms with Gasteiger partial charge in [0.2, 0.25) is 15.9 Å². The minimum Gasteiger partial charge on any atom is -0.489 e. The SMILES string of the molecule is CCC(C)NS(=O)(=O)c1cc2c(cc1C)N(C(C)=O)CCO2. The van der Waals surface area contributed by atoms with Crippen LogP contribution in [0.3, 0.4) is 0 Å². The van der Waals surface area contributed by atoms with Gasteiger partial charge in [-0.15, -0.1) is 0 Å². The second-order valence-electron chi connectivity index (χ2n) is 5.54. The zero-order valence-corrected chi connectivity index (χ0v) is 14.2. The Morgan fingerprint density at radius 2 is 2.14 bits per heavy atom. The minimum absolute atomic E-state index is 0.0858. The van der Waals surface area contributed by atoms with Crippen molar-refractivity contribution in [1.82, 2.24) is 4.72 Å². The fraction of sp³-hybridized carbons (Fsp3) is 0.533. The van der Waals surface area contributed by atoms with E-state index in [4.69, 9.17) is 4.74 Å². The first-order valence-corrected chi connectivity index (χ1v) is 8.82. The highest BCUT2D eigenvalue weighted by Crippen LogP contribution is 2.36. The summed E-state index contributed by atoms with van der Waals surface area (Å²) in [5, 5.41) is 0. The number of hydrogen-bond acceptors (Lipinski definition) is 4. The molecule has 0 saturated heterocycles. The van der Waals surface area contributed by atoms with Crippen LogP contribution in [0.1, 0.15) is 32.8 Å². The number of carbonyl (C=O) groups excluding carboxylic acids is 1. The Morgan fingerprint density at radius 3 is 2.73 bits per heavy atom. The van der Waals surface area contributed by atoms with Crippen LogP contribution in [0.15, 0.2) is 17.0 Å². The van der Waals surface area contributed by atoms with E-state index in [-0.39, 0.29) is 16.8 Å². The van der Waals surface area contributed by atoms with E-state index in [0.717, 1.165) is 0 Å². The smallest absolute Gasteiger partial charge is 0.241 e. The Bertz CT molecular complexity index is 685. The molecule has 1 atom stereocenters. The molecular weight excluding hydrogens is 304 g/mol. The molecule has 1 aromatic carbocycles. The standard InChI is InChI=1S/C15H22N2O4S/c1-5-11(3)16-22(19,20)15-9-14-13(8-10(15)2)17(12(4)18)6-7-21-14/h8-9,11,16H,5-7H2,1-4H3. The summed E-state index contributed by atoms with van der Waals surface area (Å²) in [7, 11) is -3.61. The van der Waals surface area contributed by atoms with Crippen LogP contribution in [0.2, 0.25) is 0 Å². The van der Waals surface area contributed by atoms with Crippen LogP contribution in [0.5, 0.6) is 5.75 Å². The third-order valence-corrected chi connectivity index (χ3v) is 5.49. The molecule has 2 rings (SSSR count). The number of sulfonamides is 1. The summed E-state index contributed by atoms with van der Waals surface area (Å²) < 4.78 is 33.1. The van der Waals surface area contributed by atoms with Crippen LogP contribution in [-0.4, -0.2) is 33.5 Å². The molecule has 1 aromatic rings. The number of aryl methyl sites for hydroxylation is 1. The molecule has 1 aliphatic heterocycles. The van der Waals surface area contributed by atoms with Gasteiger partial charge in [0.25, 0.3) is 0 Å². The molecule has 0 radical (unpaired) electrons. The summed E-state index contributed by atoms with van der Waals surface area (Å²) in [5.41, 5.74) is 1.21.